The van der Waals surface area contributed by atoms with E-state index in [1.165, 1.54) is 7.11 Å². The van der Waals surface area contributed by atoms with Gasteiger partial charge in [-0.1, -0.05) is 19.9 Å². The predicted octanol–water partition coefficient (Wildman–Crippen LogP) is 2.16. The molecule has 1 atom stereocenters. The van der Waals surface area contributed by atoms with Gasteiger partial charge >= 0.3 is 0 Å². The van der Waals surface area contributed by atoms with Crippen LogP contribution in [0.15, 0.2) is 18.2 Å². The molecule has 1 rings (SSSR count). The Kier molecular flexibility index (Phi) is 6.87. The topological polar surface area (TPSA) is 65.4 Å². The molecule has 0 fully saturated rings. The summed E-state index contributed by atoms with van der Waals surface area (Å²) in [6, 6.07) is 7.25. The van der Waals surface area contributed by atoms with Gasteiger partial charge in [0, 0.05) is 6.54 Å². The number of methoxy groups -OCH3 is 1. The van der Waals surface area contributed by atoms with Gasteiger partial charge < -0.3 is 10.1 Å². The van der Waals surface area contributed by atoms with E-state index >= 15 is 0 Å². The maximum Gasteiger partial charge on any atom is 0.237 e. The average Bonchev–Trinajstić information content (AvgIpc) is 2.49. The lowest BCUT2D eigenvalue weighted by atomic mass is 10.0. The fourth-order valence-electron chi connectivity index (χ4n) is 2.24. The minimum Gasteiger partial charge on any atom is -0.495 e. The van der Waals surface area contributed by atoms with Crippen LogP contribution in [0.3, 0.4) is 0 Å². The van der Waals surface area contributed by atoms with E-state index in [1.54, 1.807) is 12.1 Å². The van der Waals surface area contributed by atoms with Gasteiger partial charge in [-0.15, -0.1) is 0 Å². The van der Waals surface area contributed by atoms with Crippen molar-refractivity contribution in [2.24, 2.45) is 5.92 Å². The summed E-state index contributed by atoms with van der Waals surface area (Å²) in [6.07, 6.45) is 0.815. The van der Waals surface area contributed by atoms with E-state index in [9.17, 15) is 4.79 Å². The largest absolute Gasteiger partial charge is 0.495 e. The number of ether oxygens (including phenoxy) is 1. The van der Waals surface area contributed by atoms with Crippen molar-refractivity contribution >= 4 is 5.91 Å². The Hall–Kier alpha value is -2.06. The second kappa shape index (κ2) is 8.40. The van der Waals surface area contributed by atoms with Crippen LogP contribution in [-0.2, 0) is 11.3 Å². The van der Waals surface area contributed by atoms with Crippen LogP contribution in [0.25, 0.3) is 0 Å². The summed E-state index contributed by atoms with van der Waals surface area (Å²) < 4.78 is 5.18. The average molecular weight is 303 g/mol. The molecule has 0 saturated heterocycles. The van der Waals surface area contributed by atoms with E-state index in [1.807, 2.05) is 25.1 Å². The van der Waals surface area contributed by atoms with Crippen LogP contribution < -0.4 is 10.1 Å². The number of nitriles is 1. The number of nitrogens with zero attached hydrogens (tertiary/aromatic N) is 2. The summed E-state index contributed by atoms with van der Waals surface area (Å²) in [7, 11) is 5.36. The lowest BCUT2D eigenvalue weighted by molar-refractivity contribution is -0.126. The molecular formula is C17H25N3O2. The van der Waals surface area contributed by atoms with Gasteiger partial charge in [0.05, 0.1) is 18.7 Å². The molecule has 0 saturated carbocycles. The molecule has 1 N–H and O–H groups in total. The van der Waals surface area contributed by atoms with Gasteiger partial charge in [-0.3, -0.25) is 9.69 Å². The minimum atomic E-state index is -0.139. The molecule has 5 heteroatoms. The molecule has 1 amide bonds. The van der Waals surface area contributed by atoms with Gasteiger partial charge in [-0.2, -0.15) is 5.26 Å². The zero-order chi connectivity index (χ0) is 16.7. The van der Waals surface area contributed by atoms with Gasteiger partial charge in [0.1, 0.15) is 11.8 Å². The highest BCUT2D eigenvalue weighted by Crippen LogP contribution is 2.19. The summed E-state index contributed by atoms with van der Waals surface area (Å²) >= 11 is 0. The summed E-state index contributed by atoms with van der Waals surface area (Å²) in [6.45, 7) is 4.63. The molecule has 0 bridgehead atoms. The van der Waals surface area contributed by atoms with Crippen molar-refractivity contribution in [2.75, 3.05) is 21.2 Å². The fraction of sp³-hybridized carbons (Fsp3) is 0.529. The highest BCUT2D eigenvalue weighted by molar-refractivity contribution is 5.81. The van der Waals surface area contributed by atoms with Gasteiger partial charge in [-0.05, 0) is 44.1 Å². The van der Waals surface area contributed by atoms with Crippen LogP contribution in [0.2, 0.25) is 0 Å². The van der Waals surface area contributed by atoms with Gasteiger partial charge in [0.15, 0.2) is 0 Å². The quantitative estimate of drug-likeness (QED) is 0.838. The van der Waals surface area contributed by atoms with Gasteiger partial charge in [0.2, 0.25) is 5.91 Å². The molecule has 0 heterocycles. The van der Waals surface area contributed by atoms with E-state index in [4.69, 9.17) is 10.00 Å². The Morgan fingerprint density at radius 1 is 1.41 bits per heavy atom. The number of amides is 1. The molecule has 120 valence electrons. The molecular weight excluding hydrogens is 278 g/mol. The fourth-order valence-corrected chi connectivity index (χ4v) is 2.24. The van der Waals surface area contributed by atoms with Crippen molar-refractivity contribution in [1.29, 1.82) is 5.26 Å². The van der Waals surface area contributed by atoms with Crippen molar-refractivity contribution in [2.45, 2.75) is 32.9 Å². The molecule has 0 spiro atoms. The summed E-state index contributed by atoms with van der Waals surface area (Å²) in [4.78, 5) is 14.3. The van der Waals surface area contributed by atoms with Crippen LogP contribution in [0.5, 0.6) is 5.75 Å². The number of carbonyl (C=O) groups excluding carboxylic acids is 1. The molecule has 0 aliphatic heterocycles. The molecule has 0 aromatic heterocycles. The van der Waals surface area contributed by atoms with E-state index in [0.717, 1.165) is 12.0 Å². The zero-order valence-electron chi connectivity index (χ0n) is 14.0. The standard InChI is InChI=1S/C17H25N3O2/c1-12(2)8-15(20(3)4)17(21)19-11-13-6-7-14(10-18)16(9-13)22-5/h6-7,9,12,15H,8,11H2,1-5H3,(H,19,21)/t15-/m0/s1. The molecule has 22 heavy (non-hydrogen) atoms. The first-order chi connectivity index (χ1) is 10.4. The Morgan fingerprint density at radius 2 is 2.09 bits per heavy atom. The Balaban J connectivity index is 2.72. The predicted molar refractivity (Wildman–Crippen MR) is 86.5 cm³/mol. The zero-order valence-corrected chi connectivity index (χ0v) is 14.0. The lowest BCUT2D eigenvalue weighted by Gasteiger charge is -2.25. The number of likely N-dealkylation sites (N-methyl/N-ethyl adjacent to an activating group) is 1. The van der Waals surface area contributed by atoms with Crippen LogP contribution >= 0.6 is 0 Å². The van der Waals surface area contributed by atoms with E-state index in [-0.39, 0.29) is 11.9 Å². The third kappa shape index (κ3) is 5.05. The van der Waals surface area contributed by atoms with E-state index < -0.39 is 0 Å². The number of benzene rings is 1. The molecule has 5 nitrogen and oxygen atoms in total. The SMILES string of the molecule is COc1cc(CNC(=O)[C@H](CC(C)C)N(C)C)ccc1C#N. The maximum atomic E-state index is 12.3. The third-order valence-corrected chi connectivity index (χ3v) is 3.47. The first kappa shape index (κ1) is 18.0. The van der Waals surface area contributed by atoms with E-state index in [0.29, 0.717) is 23.8 Å². The second-order valence-corrected chi connectivity index (χ2v) is 5.97. The summed E-state index contributed by atoms with van der Waals surface area (Å²) in [5.74, 6) is 0.996. The van der Waals surface area contributed by atoms with Crippen molar-refractivity contribution in [1.82, 2.24) is 10.2 Å². The third-order valence-electron chi connectivity index (χ3n) is 3.47. The van der Waals surface area contributed by atoms with Crippen LogP contribution in [0, 0.1) is 17.2 Å². The number of carbonyl (C=O) groups is 1. The number of rotatable bonds is 7. The molecule has 0 aliphatic carbocycles. The Labute approximate surface area is 132 Å². The summed E-state index contributed by atoms with van der Waals surface area (Å²) in [5, 5.41) is 11.9. The van der Waals surface area contributed by atoms with Crippen molar-refractivity contribution in [3.63, 3.8) is 0 Å². The van der Waals surface area contributed by atoms with Crippen LogP contribution in [0.1, 0.15) is 31.4 Å². The number of hydrogen-bond donors (Lipinski definition) is 1. The molecule has 0 radical (unpaired) electrons. The minimum absolute atomic E-state index is 0.0158. The molecule has 0 aliphatic rings. The Morgan fingerprint density at radius 3 is 2.59 bits per heavy atom. The smallest absolute Gasteiger partial charge is 0.237 e. The lowest BCUT2D eigenvalue weighted by Crippen LogP contribution is -2.44. The highest BCUT2D eigenvalue weighted by Gasteiger charge is 2.21. The van der Waals surface area contributed by atoms with E-state index in [2.05, 4.69) is 25.2 Å². The van der Waals surface area contributed by atoms with Crippen LogP contribution in [-0.4, -0.2) is 38.1 Å². The van der Waals surface area contributed by atoms with Crippen LogP contribution in [0.4, 0.5) is 0 Å². The first-order valence-corrected chi connectivity index (χ1v) is 7.40. The van der Waals surface area contributed by atoms with Crippen molar-refractivity contribution in [3.8, 4) is 11.8 Å². The number of nitrogens with one attached hydrogen (secondary N) is 1. The molecule has 1 aromatic rings. The summed E-state index contributed by atoms with van der Waals surface area (Å²) in [5.41, 5.74) is 1.40. The second-order valence-electron chi connectivity index (χ2n) is 5.97. The Bertz CT molecular complexity index is 547. The molecule has 0 unspecified atom stereocenters. The van der Waals surface area contributed by atoms with Crippen molar-refractivity contribution in [3.05, 3.63) is 29.3 Å². The monoisotopic (exact) mass is 303 g/mol. The normalized spacial score (nSPS) is 12.1. The highest BCUT2D eigenvalue weighted by atomic mass is 16.5. The van der Waals surface area contributed by atoms with Crippen molar-refractivity contribution < 1.29 is 9.53 Å². The maximum absolute atomic E-state index is 12.3. The van der Waals surface area contributed by atoms with Gasteiger partial charge in [-0.25, -0.2) is 0 Å². The first-order valence-electron chi connectivity index (χ1n) is 7.40. The number of hydrogen-bond acceptors (Lipinski definition) is 4. The molecule has 1 aromatic carbocycles. The van der Waals surface area contributed by atoms with Gasteiger partial charge in [0.25, 0.3) is 0 Å².